The average Bonchev–Trinajstić information content (AvgIpc) is 3.24. The summed E-state index contributed by atoms with van der Waals surface area (Å²) in [5.74, 6) is 0.701. The van der Waals surface area contributed by atoms with Crippen LogP contribution in [0.4, 0.5) is 10.7 Å². The van der Waals surface area contributed by atoms with Crippen molar-refractivity contribution >= 4 is 50.1 Å². The van der Waals surface area contributed by atoms with Crippen LogP contribution in [0.2, 0.25) is 0 Å². The number of thiophene rings is 1. The van der Waals surface area contributed by atoms with Crippen LogP contribution in [0, 0.1) is 6.92 Å². The maximum Gasteiger partial charge on any atom is 0.259 e. The van der Waals surface area contributed by atoms with E-state index in [4.69, 9.17) is 9.73 Å². The fourth-order valence-electron chi connectivity index (χ4n) is 4.64. The molecule has 3 aromatic carbocycles. The second-order valence-electron chi connectivity index (χ2n) is 9.64. The first-order chi connectivity index (χ1) is 18.6. The monoisotopic (exact) mass is 586 g/mol. The third-order valence-corrected chi connectivity index (χ3v) is 8.53. The van der Waals surface area contributed by atoms with Crippen molar-refractivity contribution in [2.45, 2.75) is 52.1 Å². The summed E-state index contributed by atoms with van der Waals surface area (Å²) in [6.07, 6.45) is 8.50. The number of benzene rings is 3. The SMILES string of the molecule is Cc1ccc(COc2ccc(C=Nc3sc4c(c3C(=O)Nc3ccccc3)CCCCCC4)cc2Br)cc1. The Kier molecular flexibility index (Phi) is 8.72. The molecule has 4 nitrogen and oxygen atoms in total. The topological polar surface area (TPSA) is 50.7 Å². The predicted molar refractivity (Wildman–Crippen MR) is 161 cm³/mol. The van der Waals surface area contributed by atoms with E-state index in [0.717, 1.165) is 63.3 Å². The Morgan fingerprint density at radius 3 is 2.53 bits per heavy atom. The number of nitrogens with zero attached hydrogens (tertiary/aromatic N) is 1. The van der Waals surface area contributed by atoms with Crippen molar-refractivity contribution in [3.8, 4) is 5.75 Å². The zero-order chi connectivity index (χ0) is 26.3. The highest BCUT2D eigenvalue weighted by molar-refractivity contribution is 9.10. The number of hydrogen-bond donors (Lipinski definition) is 1. The number of nitrogens with one attached hydrogen (secondary N) is 1. The van der Waals surface area contributed by atoms with E-state index in [1.54, 1.807) is 11.3 Å². The number of rotatable bonds is 7. The molecule has 1 N–H and O–H groups in total. The summed E-state index contributed by atoms with van der Waals surface area (Å²) >= 11 is 5.31. The van der Waals surface area contributed by atoms with Gasteiger partial charge in [-0.05, 0) is 95.6 Å². The number of amides is 1. The molecule has 0 radical (unpaired) electrons. The Morgan fingerprint density at radius 2 is 1.76 bits per heavy atom. The first kappa shape index (κ1) is 26.4. The molecule has 0 bridgehead atoms. The van der Waals surface area contributed by atoms with Crippen molar-refractivity contribution in [3.05, 3.63) is 110 Å². The van der Waals surface area contributed by atoms with Crippen LogP contribution in [0.25, 0.3) is 0 Å². The molecule has 1 heterocycles. The number of para-hydroxylation sites is 1. The van der Waals surface area contributed by atoms with Crippen molar-refractivity contribution in [3.63, 3.8) is 0 Å². The van der Waals surface area contributed by atoms with Gasteiger partial charge in [-0.1, -0.05) is 60.9 Å². The smallest absolute Gasteiger partial charge is 0.259 e. The fourth-order valence-corrected chi connectivity index (χ4v) is 6.38. The molecule has 0 aliphatic heterocycles. The maximum atomic E-state index is 13.5. The molecular weight excluding hydrogens is 556 g/mol. The van der Waals surface area contributed by atoms with Gasteiger partial charge in [0.2, 0.25) is 0 Å². The maximum absolute atomic E-state index is 13.5. The molecule has 4 aromatic rings. The van der Waals surface area contributed by atoms with Crippen LogP contribution >= 0.6 is 27.3 Å². The first-order valence-corrected chi connectivity index (χ1v) is 14.7. The number of carbonyl (C=O) groups is 1. The lowest BCUT2D eigenvalue weighted by Gasteiger charge is -2.12. The van der Waals surface area contributed by atoms with Crippen LogP contribution in [0.1, 0.15) is 63.2 Å². The zero-order valence-corrected chi connectivity index (χ0v) is 23.9. The third kappa shape index (κ3) is 6.61. The second-order valence-corrected chi connectivity index (χ2v) is 11.6. The average molecular weight is 588 g/mol. The number of aryl methyl sites for hydroxylation is 2. The van der Waals surface area contributed by atoms with E-state index in [1.165, 1.54) is 28.8 Å². The van der Waals surface area contributed by atoms with Gasteiger partial charge in [0.05, 0.1) is 10.0 Å². The summed E-state index contributed by atoms with van der Waals surface area (Å²) in [6.45, 7) is 2.58. The number of hydrogen-bond acceptors (Lipinski definition) is 4. The summed E-state index contributed by atoms with van der Waals surface area (Å²) in [7, 11) is 0. The van der Waals surface area contributed by atoms with Crippen molar-refractivity contribution in [1.29, 1.82) is 0 Å². The van der Waals surface area contributed by atoms with E-state index in [0.29, 0.717) is 6.61 Å². The minimum absolute atomic E-state index is 0.0811. The third-order valence-electron chi connectivity index (χ3n) is 6.71. The Morgan fingerprint density at radius 1 is 1.00 bits per heavy atom. The van der Waals surface area contributed by atoms with Gasteiger partial charge in [0.15, 0.2) is 0 Å². The molecule has 5 rings (SSSR count). The van der Waals surface area contributed by atoms with E-state index in [1.807, 2.05) is 54.7 Å². The first-order valence-electron chi connectivity index (χ1n) is 13.1. The fraction of sp³-hybridized carbons (Fsp3) is 0.250. The molecule has 1 aromatic heterocycles. The molecule has 1 aliphatic carbocycles. The lowest BCUT2D eigenvalue weighted by atomic mass is 9.96. The van der Waals surface area contributed by atoms with Gasteiger partial charge in [-0.25, -0.2) is 4.99 Å². The van der Waals surface area contributed by atoms with Gasteiger partial charge in [-0.2, -0.15) is 0 Å². The lowest BCUT2D eigenvalue weighted by molar-refractivity contribution is 0.102. The number of aliphatic imine (C=N–C) groups is 1. The molecule has 0 saturated carbocycles. The van der Waals surface area contributed by atoms with Crippen molar-refractivity contribution in [1.82, 2.24) is 0 Å². The van der Waals surface area contributed by atoms with Crippen LogP contribution in [-0.4, -0.2) is 12.1 Å². The summed E-state index contributed by atoms with van der Waals surface area (Å²) in [6, 6.07) is 23.9. The highest BCUT2D eigenvalue weighted by atomic mass is 79.9. The molecule has 194 valence electrons. The van der Waals surface area contributed by atoms with Crippen molar-refractivity contribution in [2.24, 2.45) is 4.99 Å². The Bertz CT molecular complexity index is 1430. The van der Waals surface area contributed by atoms with Gasteiger partial charge < -0.3 is 10.1 Å². The molecule has 0 unspecified atom stereocenters. The van der Waals surface area contributed by atoms with Crippen LogP contribution in [-0.2, 0) is 19.4 Å². The van der Waals surface area contributed by atoms with Gasteiger partial charge >= 0.3 is 0 Å². The summed E-state index contributed by atoms with van der Waals surface area (Å²) in [4.78, 5) is 19.6. The van der Waals surface area contributed by atoms with Gasteiger partial charge in [0, 0.05) is 16.8 Å². The molecule has 0 saturated heterocycles. The number of anilines is 1. The van der Waals surface area contributed by atoms with Gasteiger partial charge in [-0.15, -0.1) is 11.3 Å². The van der Waals surface area contributed by atoms with Crippen LogP contribution < -0.4 is 10.1 Å². The van der Waals surface area contributed by atoms with Gasteiger partial charge in [0.1, 0.15) is 17.4 Å². The number of halogens is 1. The molecule has 0 spiro atoms. The Hall–Kier alpha value is -3.22. The summed E-state index contributed by atoms with van der Waals surface area (Å²) in [5.41, 5.74) is 6.00. The molecule has 6 heteroatoms. The zero-order valence-electron chi connectivity index (χ0n) is 21.5. The molecule has 1 aliphatic rings. The molecular formula is C32H31BrN2O2S. The number of ether oxygens (including phenoxy) is 1. The summed E-state index contributed by atoms with van der Waals surface area (Å²) in [5, 5.41) is 3.86. The van der Waals surface area contributed by atoms with Gasteiger partial charge in [0.25, 0.3) is 5.91 Å². The highest BCUT2D eigenvalue weighted by Gasteiger charge is 2.24. The van der Waals surface area contributed by atoms with E-state index < -0.39 is 0 Å². The minimum Gasteiger partial charge on any atom is -0.488 e. The lowest BCUT2D eigenvalue weighted by Crippen LogP contribution is -2.14. The van der Waals surface area contributed by atoms with Crippen molar-refractivity contribution in [2.75, 3.05) is 5.32 Å². The normalized spacial score (nSPS) is 13.5. The van der Waals surface area contributed by atoms with E-state index in [9.17, 15) is 4.79 Å². The Labute approximate surface area is 236 Å². The van der Waals surface area contributed by atoms with Gasteiger partial charge in [-0.3, -0.25) is 4.79 Å². The number of carbonyl (C=O) groups excluding carboxylic acids is 1. The minimum atomic E-state index is -0.0811. The van der Waals surface area contributed by atoms with Crippen LogP contribution in [0.3, 0.4) is 0 Å². The number of fused-ring (bicyclic) bond motifs is 1. The summed E-state index contributed by atoms with van der Waals surface area (Å²) < 4.78 is 6.89. The highest BCUT2D eigenvalue weighted by Crippen LogP contribution is 2.39. The van der Waals surface area contributed by atoms with Crippen molar-refractivity contribution < 1.29 is 9.53 Å². The standard InChI is InChI=1S/C32H31BrN2O2S/c1-22-13-15-23(16-14-22)21-37-28-18-17-24(19-27(28)33)20-34-32-30(31(36)35-25-9-5-4-6-10-25)26-11-7-2-3-8-12-29(26)38-32/h4-6,9-10,13-20H,2-3,7-8,11-12,21H2,1H3,(H,35,36). The second kappa shape index (κ2) is 12.5. The molecule has 0 atom stereocenters. The van der Waals surface area contributed by atoms with Crippen LogP contribution in [0.15, 0.2) is 82.3 Å². The van der Waals surface area contributed by atoms with E-state index in [2.05, 4.69) is 52.4 Å². The Balaban J connectivity index is 1.37. The molecule has 38 heavy (non-hydrogen) atoms. The quantitative estimate of drug-likeness (QED) is 0.219. The predicted octanol–water partition coefficient (Wildman–Crippen LogP) is 9.06. The molecule has 1 amide bonds. The largest absolute Gasteiger partial charge is 0.488 e. The van der Waals surface area contributed by atoms with E-state index >= 15 is 0 Å². The molecule has 0 fully saturated rings. The van der Waals surface area contributed by atoms with Crippen LogP contribution in [0.5, 0.6) is 5.75 Å². The van der Waals surface area contributed by atoms with E-state index in [-0.39, 0.29) is 5.91 Å².